The largest absolute Gasteiger partial charge is 0.468 e. The Kier molecular flexibility index (Phi) is 8.90. The van der Waals surface area contributed by atoms with Crippen LogP contribution in [0.5, 0.6) is 0 Å². The van der Waals surface area contributed by atoms with Gasteiger partial charge in [-0.1, -0.05) is 123 Å². The molecule has 0 bridgehead atoms. The highest BCUT2D eigenvalue weighted by Gasteiger charge is 2.50. The molecule has 1 heterocycles. The number of carbonyl (C=O) groups excluding carboxylic acids is 1. The van der Waals surface area contributed by atoms with Crippen molar-refractivity contribution in [2.45, 2.75) is 31.6 Å². The molecule has 4 aromatic carbocycles. The summed E-state index contributed by atoms with van der Waals surface area (Å²) in [6, 6.07) is 33.9. The lowest BCUT2D eigenvalue weighted by Crippen LogP contribution is -2.54. The summed E-state index contributed by atoms with van der Waals surface area (Å²) in [5.41, 5.74) is 2.37. The molecule has 0 saturated carbocycles. The summed E-state index contributed by atoms with van der Waals surface area (Å²) >= 11 is 0. The normalized spacial score (nSPS) is 15.6. The molecule has 1 aliphatic rings. The zero-order chi connectivity index (χ0) is 28.8. The average Bonchev–Trinajstić information content (AvgIpc) is 3.45. The van der Waals surface area contributed by atoms with Crippen LogP contribution in [0.4, 0.5) is 13.2 Å². The van der Waals surface area contributed by atoms with Crippen LogP contribution in [-0.2, 0) is 21.2 Å². The van der Waals surface area contributed by atoms with Crippen molar-refractivity contribution >= 4 is 11.5 Å². The maximum Gasteiger partial charge on any atom is 0.416 e. The van der Waals surface area contributed by atoms with Crippen LogP contribution in [0.1, 0.15) is 41.7 Å². The maximum absolute atomic E-state index is 13.5. The Labute approximate surface area is 233 Å². The van der Waals surface area contributed by atoms with Crippen LogP contribution in [0.3, 0.4) is 0 Å². The molecule has 1 unspecified atom stereocenters. The van der Waals surface area contributed by atoms with Crippen molar-refractivity contribution in [3.8, 4) is 0 Å². The fraction of sp³-hybridized carbons (Fsp3) is 0.206. The van der Waals surface area contributed by atoms with E-state index in [0.29, 0.717) is 17.7 Å². The molecule has 0 N–H and O–H groups in total. The molecule has 0 fully saturated rings. The molecule has 0 saturated heterocycles. The topological polar surface area (TPSA) is 29.5 Å². The van der Waals surface area contributed by atoms with E-state index < -0.39 is 29.3 Å². The lowest BCUT2D eigenvalue weighted by atomic mass is 9.74. The van der Waals surface area contributed by atoms with Crippen LogP contribution in [0.15, 0.2) is 121 Å². The van der Waals surface area contributed by atoms with E-state index >= 15 is 0 Å². The van der Waals surface area contributed by atoms with E-state index in [-0.39, 0.29) is 0 Å². The lowest BCUT2D eigenvalue weighted by Gasteiger charge is -2.46. The fourth-order valence-electron chi connectivity index (χ4n) is 5.44. The molecule has 6 heteroatoms. The van der Waals surface area contributed by atoms with Gasteiger partial charge in [0.1, 0.15) is 6.04 Å². The fourth-order valence-corrected chi connectivity index (χ4v) is 5.44. The number of rotatable bonds is 6. The summed E-state index contributed by atoms with van der Waals surface area (Å²) in [5, 5.41) is 0. The van der Waals surface area contributed by atoms with Crippen molar-refractivity contribution in [3.05, 3.63) is 149 Å². The van der Waals surface area contributed by atoms with E-state index in [1.54, 1.807) is 0 Å². The van der Waals surface area contributed by atoms with Gasteiger partial charge >= 0.3 is 12.1 Å². The second kappa shape index (κ2) is 12.3. The van der Waals surface area contributed by atoms with Gasteiger partial charge in [0.25, 0.3) is 0 Å². The van der Waals surface area contributed by atoms with Crippen molar-refractivity contribution in [3.63, 3.8) is 0 Å². The molecule has 0 aliphatic carbocycles. The van der Waals surface area contributed by atoms with Gasteiger partial charge in [0, 0.05) is 6.54 Å². The van der Waals surface area contributed by atoms with E-state index in [2.05, 4.69) is 4.90 Å². The maximum atomic E-state index is 13.5. The quantitative estimate of drug-likeness (QED) is 0.183. The van der Waals surface area contributed by atoms with Gasteiger partial charge in [-0.25, -0.2) is 4.79 Å². The Bertz CT molecular complexity index is 1320. The van der Waals surface area contributed by atoms with E-state index in [4.69, 9.17) is 4.74 Å². The number of halogens is 3. The predicted octanol–water partition coefficient (Wildman–Crippen LogP) is 7.96. The third-order valence-corrected chi connectivity index (χ3v) is 7.09. The molecule has 1 atom stereocenters. The standard InChI is InChI=1S/C32H26F3NO2.C2H6/c1-38-30(37)29-28(23-17-19-27(20-18-23)32(33,34)35)21-22-36(29)31(24-11-5-2-6-12-24,25-13-7-3-8-14-25)26-15-9-4-10-16-26;1-2/h2-21,29H,22H2,1H3;1-2H3. The van der Waals surface area contributed by atoms with Gasteiger partial charge in [0.15, 0.2) is 0 Å². The van der Waals surface area contributed by atoms with Crippen LogP contribution in [0.2, 0.25) is 0 Å². The van der Waals surface area contributed by atoms with Crippen LogP contribution >= 0.6 is 0 Å². The third kappa shape index (κ3) is 5.32. The number of ether oxygens (including phenoxy) is 1. The molecular weight excluding hydrogens is 511 g/mol. The SMILES string of the molecule is CC.COC(=O)C1C(c2ccc(C(F)(F)F)cc2)=CCN1C(c1ccccc1)(c1ccccc1)c1ccccc1. The third-order valence-electron chi connectivity index (χ3n) is 7.09. The highest BCUT2D eigenvalue weighted by atomic mass is 19.4. The number of benzene rings is 4. The summed E-state index contributed by atoms with van der Waals surface area (Å²) in [7, 11) is 1.33. The second-order valence-electron chi connectivity index (χ2n) is 9.12. The minimum Gasteiger partial charge on any atom is -0.468 e. The van der Waals surface area contributed by atoms with Crippen molar-refractivity contribution < 1.29 is 22.7 Å². The number of nitrogens with zero attached hydrogens (tertiary/aromatic N) is 1. The highest BCUT2D eigenvalue weighted by Crippen LogP contribution is 2.47. The minimum absolute atomic E-state index is 0.370. The second-order valence-corrected chi connectivity index (χ2v) is 9.12. The molecule has 0 amide bonds. The minimum atomic E-state index is -4.44. The summed E-state index contributed by atoms with van der Waals surface area (Å²) in [6.07, 6.45) is -2.53. The van der Waals surface area contributed by atoms with E-state index in [1.165, 1.54) is 19.2 Å². The Morgan fingerprint density at radius 3 is 1.50 bits per heavy atom. The number of alkyl halides is 3. The smallest absolute Gasteiger partial charge is 0.416 e. The predicted molar refractivity (Wildman–Crippen MR) is 152 cm³/mol. The van der Waals surface area contributed by atoms with Gasteiger partial charge in [-0.15, -0.1) is 0 Å². The molecule has 1 aliphatic heterocycles. The van der Waals surface area contributed by atoms with E-state index in [9.17, 15) is 18.0 Å². The Morgan fingerprint density at radius 1 is 0.700 bits per heavy atom. The molecular formula is C34H32F3NO2. The van der Waals surface area contributed by atoms with Crippen LogP contribution in [0, 0.1) is 0 Å². The number of esters is 1. The Balaban J connectivity index is 0.00000181. The van der Waals surface area contributed by atoms with Gasteiger partial charge in [-0.3, -0.25) is 4.90 Å². The molecule has 3 nitrogen and oxygen atoms in total. The molecule has 4 aromatic rings. The highest BCUT2D eigenvalue weighted by molar-refractivity contribution is 5.94. The average molecular weight is 544 g/mol. The van der Waals surface area contributed by atoms with Crippen LogP contribution in [0.25, 0.3) is 5.57 Å². The summed E-state index contributed by atoms with van der Waals surface area (Å²) in [6.45, 7) is 4.37. The number of hydrogen-bond acceptors (Lipinski definition) is 3. The molecule has 0 spiro atoms. The Hall–Kier alpha value is -4.16. The zero-order valence-electron chi connectivity index (χ0n) is 22.7. The van der Waals surface area contributed by atoms with Crippen molar-refractivity contribution in [2.24, 2.45) is 0 Å². The van der Waals surface area contributed by atoms with Gasteiger partial charge in [0.2, 0.25) is 0 Å². The summed E-state index contributed by atoms with van der Waals surface area (Å²) < 4.78 is 45.0. The molecule has 206 valence electrons. The number of methoxy groups -OCH3 is 1. The molecule has 0 radical (unpaired) electrons. The Morgan fingerprint density at radius 2 is 1.12 bits per heavy atom. The van der Waals surface area contributed by atoms with Gasteiger partial charge in [-0.2, -0.15) is 13.2 Å². The van der Waals surface area contributed by atoms with Crippen LogP contribution < -0.4 is 0 Å². The van der Waals surface area contributed by atoms with Gasteiger partial charge in [-0.05, 0) is 40.0 Å². The zero-order valence-corrected chi connectivity index (χ0v) is 22.7. The first-order chi connectivity index (χ1) is 19.4. The van der Waals surface area contributed by atoms with Crippen molar-refractivity contribution in [1.82, 2.24) is 4.90 Å². The number of carbonyl (C=O) groups is 1. The molecule has 40 heavy (non-hydrogen) atoms. The summed E-state index contributed by atoms with van der Waals surface area (Å²) in [4.78, 5) is 15.6. The summed E-state index contributed by atoms with van der Waals surface area (Å²) in [5.74, 6) is -0.485. The number of hydrogen-bond donors (Lipinski definition) is 0. The van der Waals surface area contributed by atoms with Crippen LogP contribution in [-0.4, -0.2) is 30.6 Å². The van der Waals surface area contributed by atoms with Gasteiger partial charge in [0.05, 0.1) is 18.2 Å². The first-order valence-corrected chi connectivity index (χ1v) is 13.3. The van der Waals surface area contributed by atoms with Crippen molar-refractivity contribution in [2.75, 3.05) is 13.7 Å². The molecule has 0 aromatic heterocycles. The van der Waals surface area contributed by atoms with E-state index in [1.807, 2.05) is 111 Å². The molecule has 5 rings (SSSR count). The van der Waals surface area contributed by atoms with E-state index in [0.717, 1.165) is 28.8 Å². The van der Waals surface area contributed by atoms with Gasteiger partial charge < -0.3 is 4.74 Å². The van der Waals surface area contributed by atoms with Crippen molar-refractivity contribution in [1.29, 1.82) is 0 Å². The first-order valence-electron chi connectivity index (χ1n) is 13.3. The monoisotopic (exact) mass is 543 g/mol. The lowest BCUT2D eigenvalue weighted by molar-refractivity contribution is -0.145. The first kappa shape index (κ1) is 28.8.